The molecule has 0 saturated carbocycles. The second-order valence-electron chi connectivity index (χ2n) is 6.28. The lowest BCUT2D eigenvalue weighted by Crippen LogP contribution is -2.43. The van der Waals surface area contributed by atoms with Gasteiger partial charge in [-0.05, 0) is 42.2 Å². The fraction of sp³-hybridized carbons (Fsp3) is 0.300. The first-order valence-corrected chi connectivity index (χ1v) is 8.49. The lowest BCUT2D eigenvalue weighted by molar-refractivity contribution is 0.0696. The summed E-state index contributed by atoms with van der Waals surface area (Å²) in [6.07, 6.45) is -0.496. The molecule has 1 atom stereocenters. The van der Waals surface area contributed by atoms with Crippen LogP contribution in [0.5, 0.6) is 5.75 Å². The first-order valence-electron chi connectivity index (χ1n) is 8.49. The normalized spacial score (nSPS) is 11.7. The van der Waals surface area contributed by atoms with Gasteiger partial charge in [0.25, 0.3) is 0 Å². The molecule has 2 aromatic rings. The Morgan fingerprint density at radius 3 is 2.31 bits per heavy atom. The van der Waals surface area contributed by atoms with Crippen LogP contribution in [0.4, 0.5) is 4.79 Å². The largest absolute Gasteiger partial charge is 0.478 e. The number of para-hydroxylation sites is 1. The van der Waals surface area contributed by atoms with Crippen LogP contribution in [0.2, 0.25) is 0 Å². The van der Waals surface area contributed by atoms with Gasteiger partial charge in [0.15, 0.2) is 6.23 Å². The number of hydrogen-bond donors (Lipinski definition) is 3. The number of urea groups is 1. The molecule has 26 heavy (non-hydrogen) atoms. The van der Waals surface area contributed by atoms with Crippen molar-refractivity contribution in [1.29, 1.82) is 0 Å². The Balaban J connectivity index is 1.85. The second-order valence-corrected chi connectivity index (χ2v) is 6.28. The number of carboxylic acid groups (broad SMARTS) is 1. The summed E-state index contributed by atoms with van der Waals surface area (Å²) < 4.78 is 5.83. The van der Waals surface area contributed by atoms with E-state index < -0.39 is 12.2 Å². The zero-order chi connectivity index (χ0) is 19.1. The lowest BCUT2D eigenvalue weighted by Gasteiger charge is -2.20. The zero-order valence-corrected chi connectivity index (χ0v) is 15.2. The Labute approximate surface area is 153 Å². The van der Waals surface area contributed by atoms with Crippen molar-refractivity contribution in [3.63, 3.8) is 0 Å². The average molecular weight is 356 g/mol. The van der Waals surface area contributed by atoms with Crippen molar-refractivity contribution in [2.75, 3.05) is 0 Å². The molecule has 0 radical (unpaired) electrons. The van der Waals surface area contributed by atoms with Crippen molar-refractivity contribution in [3.05, 3.63) is 65.2 Å². The van der Waals surface area contributed by atoms with E-state index in [9.17, 15) is 9.59 Å². The van der Waals surface area contributed by atoms with Crippen molar-refractivity contribution in [3.8, 4) is 5.75 Å². The minimum Gasteiger partial charge on any atom is -0.478 e. The summed E-state index contributed by atoms with van der Waals surface area (Å²) in [5.74, 6) is 0.0930. The fourth-order valence-corrected chi connectivity index (χ4v) is 2.47. The molecule has 2 amide bonds. The Kier molecular flexibility index (Phi) is 6.60. The average Bonchev–Trinajstić information content (AvgIpc) is 2.60. The van der Waals surface area contributed by atoms with E-state index in [1.165, 1.54) is 12.1 Å². The fourth-order valence-electron chi connectivity index (χ4n) is 2.47. The van der Waals surface area contributed by atoms with E-state index in [0.29, 0.717) is 12.5 Å². The third-order valence-electron chi connectivity index (χ3n) is 3.83. The minimum atomic E-state index is -0.977. The van der Waals surface area contributed by atoms with Gasteiger partial charge in [-0.2, -0.15) is 0 Å². The van der Waals surface area contributed by atoms with Gasteiger partial charge in [0.1, 0.15) is 5.75 Å². The smallest absolute Gasteiger partial charge is 0.335 e. The summed E-state index contributed by atoms with van der Waals surface area (Å²) in [5.41, 5.74) is 2.10. The minimum absolute atomic E-state index is 0.212. The molecular formula is C20H24N2O4. The molecule has 0 fully saturated rings. The zero-order valence-electron chi connectivity index (χ0n) is 15.2. The van der Waals surface area contributed by atoms with Crippen molar-refractivity contribution in [2.45, 2.75) is 39.5 Å². The van der Waals surface area contributed by atoms with E-state index in [0.717, 1.165) is 16.9 Å². The van der Waals surface area contributed by atoms with E-state index in [4.69, 9.17) is 9.84 Å². The molecule has 0 aliphatic heterocycles. The van der Waals surface area contributed by atoms with Crippen LogP contribution in [-0.2, 0) is 6.54 Å². The van der Waals surface area contributed by atoms with Gasteiger partial charge in [-0.3, -0.25) is 0 Å². The molecule has 3 N–H and O–H groups in total. The van der Waals surface area contributed by atoms with Gasteiger partial charge in [-0.25, -0.2) is 9.59 Å². The third-order valence-corrected chi connectivity index (χ3v) is 3.83. The molecule has 6 nitrogen and oxygen atoms in total. The van der Waals surface area contributed by atoms with Crippen molar-refractivity contribution < 1.29 is 19.4 Å². The van der Waals surface area contributed by atoms with E-state index in [1.54, 1.807) is 19.1 Å². The van der Waals surface area contributed by atoms with Crippen LogP contribution in [0.15, 0.2) is 48.5 Å². The maximum absolute atomic E-state index is 12.0. The lowest BCUT2D eigenvalue weighted by atomic mass is 10.0. The van der Waals surface area contributed by atoms with E-state index in [-0.39, 0.29) is 11.6 Å². The van der Waals surface area contributed by atoms with Crippen LogP contribution in [0.25, 0.3) is 0 Å². The summed E-state index contributed by atoms with van der Waals surface area (Å²) in [6, 6.07) is 13.7. The molecule has 0 spiro atoms. The van der Waals surface area contributed by atoms with Gasteiger partial charge in [-0.15, -0.1) is 0 Å². The monoisotopic (exact) mass is 356 g/mol. The van der Waals surface area contributed by atoms with E-state index in [2.05, 4.69) is 24.5 Å². The first kappa shape index (κ1) is 19.3. The molecule has 0 aliphatic rings. The third kappa shape index (κ3) is 5.51. The highest BCUT2D eigenvalue weighted by Gasteiger charge is 2.12. The predicted molar refractivity (Wildman–Crippen MR) is 99.4 cm³/mol. The summed E-state index contributed by atoms with van der Waals surface area (Å²) in [7, 11) is 0. The molecule has 0 saturated heterocycles. The van der Waals surface area contributed by atoms with Gasteiger partial charge in [0.05, 0.1) is 5.56 Å². The van der Waals surface area contributed by atoms with Gasteiger partial charge >= 0.3 is 12.0 Å². The SMILES string of the molecule is CC(NC(=O)NCc1ccc(C(=O)O)cc1)Oc1ccccc1C(C)C. The molecule has 0 bridgehead atoms. The number of benzene rings is 2. The summed E-state index contributed by atoms with van der Waals surface area (Å²) in [4.78, 5) is 22.8. The Bertz CT molecular complexity index is 757. The number of amides is 2. The maximum atomic E-state index is 12.0. The maximum Gasteiger partial charge on any atom is 0.335 e. The van der Waals surface area contributed by atoms with Gasteiger partial charge in [0, 0.05) is 6.54 Å². The van der Waals surface area contributed by atoms with Crippen LogP contribution in [0.1, 0.15) is 48.2 Å². The first-order chi connectivity index (χ1) is 12.4. The Hall–Kier alpha value is -3.02. The van der Waals surface area contributed by atoms with Crippen LogP contribution in [0, 0.1) is 0 Å². The molecular weight excluding hydrogens is 332 g/mol. The Morgan fingerprint density at radius 1 is 1.04 bits per heavy atom. The topological polar surface area (TPSA) is 87.7 Å². The summed E-state index contributed by atoms with van der Waals surface area (Å²) in [6.45, 7) is 6.23. The highest BCUT2D eigenvalue weighted by molar-refractivity contribution is 5.87. The second kappa shape index (κ2) is 8.89. The number of carboxylic acids is 1. The van der Waals surface area contributed by atoms with Gasteiger partial charge < -0.3 is 20.5 Å². The summed E-state index contributed by atoms with van der Waals surface area (Å²) in [5, 5.41) is 14.3. The van der Waals surface area contributed by atoms with Gasteiger partial charge in [-0.1, -0.05) is 44.2 Å². The molecule has 1 unspecified atom stereocenters. The summed E-state index contributed by atoms with van der Waals surface area (Å²) >= 11 is 0. The highest BCUT2D eigenvalue weighted by Crippen LogP contribution is 2.26. The molecule has 2 aromatic carbocycles. The standard InChI is InChI=1S/C20H24N2O4/c1-13(2)17-6-4-5-7-18(17)26-14(3)22-20(25)21-12-15-8-10-16(11-9-15)19(23)24/h4-11,13-14H,12H2,1-3H3,(H,23,24)(H2,21,22,25). The molecule has 0 aliphatic carbocycles. The number of carbonyl (C=O) groups excluding carboxylic acids is 1. The number of carbonyl (C=O) groups is 2. The Morgan fingerprint density at radius 2 is 1.69 bits per heavy atom. The molecule has 138 valence electrons. The van der Waals surface area contributed by atoms with Crippen LogP contribution in [0.3, 0.4) is 0 Å². The van der Waals surface area contributed by atoms with Crippen LogP contribution in [-0.4, -0.2) is 23.3 Å². The quantitative estimate of drug-likeness (QED) is 0.660. The highest BCUT2D eigenvalue weighted by atomic mass is 16.5. The van der Waals surface area contributed by atoms with E-state index >= 15 is 0 Å². The predicted octanol–water partition coefficient (Wildman–Crippen LogP) is 3.73. The molecule has 6 heteroatoms. The van der Waals surface area contributed by atoms with Crippen molar-refractivity contribution in [2.24, 2.45) is 0 Å². The molecule has 2 rings (SSSR count). The number of aromatic carboxylic acids is 1. The molecule has 0 aromatic heterocycles. The van der Waals surface area contributed by atoms with Crippen LogP contribution < -0.4 is 15.4 Å². The molecule has 0 heterocycles. The number of hydrogen-bond acceptors (Lipinski definition) is 3. The van der Waals surface area contributed by atoms with Crippen LogP contribution >= 0.6 is 0 Å². The van der Waals surface area contributed by atoms with Crippen molar-refractivity contribution in [1.82, 2.24) is 10.6 Å². The number of nitrogens with one attached hydrogen (secondary N) is 2. The number of ether oxygens (including phenoxy) is 1. The van der Waals surface area contributed by atoms with Crippen molar-refractivity contribution >= 4 is 12.0 Å². The van der Waals surface area contributed by atoms with E-state index in [1.807, 2.05) is 24.3 Å². The van der Waals surface area contributed by atoms with Gasteiger partial charge in [0.2, 0.25) is 0 Å². The number of rotatable bonds is 7.